The Hall–Kier alpha value is -8.00. The molecule has 1 heteroatoms. The van der Waals surface area contributed by atoms with Crippen LogP contribution in [0.5, 0.6) is 0 Å². The van der Waals surface area contributed by atoms with E-state index < -0.39 is 0 Å². The van der Waals surface area contributed by atoms with E-state index in [4.69, 9.17) is 0 Å². The second-order valence-corrected chi connectivity index (χ2v) is 17.3. The summed E-state index contributed by atoms with van der Waals surface area (Å²) in [6.45, 7) is 4.78. The van der Waals surface area contributed by atoms with Crippen LogP contribution in [0.15, 0.2) is 249 Å². The van der Waals surface area contributed by atoms with Gasteiger partial charge < -0.3 is 4.90 Å². The van der Waals surface area contributed by atoms with Gasteiger partial charge in [-0.05, 0) is 108 Å². The molecule has 0 spiro atoms. The van der Waals surface area contributed by atoms with Crippen LogP contribution in [-0.2, 0) is 5.41 Å². The quantitative estimate of drug-likeness (QED) is 0.140. The molecule has 0 saturated heterocycles. The van der Waals surface area contributed by atoms with Crippen LogP contribution >= 0.6 is 0 Å². The number of hydrogen-bond donors (Lipinski definition) is 0. The van der Waals surface area contributed by atoms with Crippen LogP contribution in [0.2, 0.25) is 0 Å². The topological polar surface area (TPSA) is 3.24 Å². The van der Waals surface area contributed by atoms with Gasteiger partial charge in [-0.15, -0.1) is 0 Å². The van der Waals surface area contributed by atoms with E-state index in [-0.39, 0.29) is 5.41 Å². The third-order valence-corrected chi connectivity index (χ3v) is 13.1. The second kappa shape index (κ2) is 16.4. The summed E-state index contributed by atoms with van der Waals surface area (Å²) in [5, 5.41) is 0. The van der Waals surface area contributed by atoms with E-state index >= 15 is 0 Å². The van der Waals surface area contributed by atoms with Crippen molar-refractivity contribution in [3.63, 3.8) is 0 Å². The zero-order valence-electron chi connectivity index (χ0n) is 36.1. The molecule has 1 aliphatic carbocycles. The molecule has 0 saturated carbocycles. The van der Waals surface area contributed by atoms with Crippen molar-refractivity contribution in [2.24, 2.45) is 0 Å². The molecule has 0 heterocycles. The summed E-state index contributed by atoms with van der Waals surface area (Å²) in [7, 11) is 0. The SMILES string of the molecule is CC1(C)c2cc(-c3ccccc3)ccc2-c2ccc(N(c3ccccc3-c3ccc(-c4ccccc4)cc3)c3cccc(-c4ccccc4)c3-c3ccccc3-c3ccccc3)cc21. The predicted molar refractivity (Wildman–Crippen MR) is 271 cm³/mol. The van der Waals surface area contributed by atoms with Gasteiger partial charge >= 0.3 is 0 Å². The summed E-state index contributed by atoms with van der Waals surface area (Å²) in [6.07, 6.45) is 0. The Morgan fingerprint density at radius 2 is 0.672 bits per heavy atom. The van der Waals surface area contributed by atoms with Crippen LogP contribution in [0.25, 0.3) is 77.9 Å². The highest BCUT2D eigenvalue weighted by atomic mass is 15.1. The number of benzene rings is 10. The van der Waals surface area contributed by atoms with Crippen molar-refractivity contribution in [3.05, 3.63) is 260 Å². The van der Waals surface area contributed by atoms with E-state index in [1.54, 1.807) is 0 Å². The summed E-state index contributed by atoms with van der Waals surface area (Å²) >= 11 is 0. The van der Waals surface area contributed by atoms with Gasteiger partial charge in [-0.2, -0.15) is 0 Å². The molecule has 0 bridgehead atoms. The predicted octanol–water partition coefficient (Wildman–Crippen LogP) is 17.5. The number of nitrogens with zero attached hydrogens (tertiary/aromatic N) is 1. The molecular weight excluding hydrogens is 771 g/mol. The van der Waals surface area contributed by atoms with E-state index in [0.717, 1.165) is 28.2 Å². The Kier molecular flexibility index (Phi) is 9.94. The summed E-state index contributed by atoms with van der Waals surface area (Å²) in [4.78, 5) is 2.53. The molecule has 0 fully saturated rings. The van der Waals surface area contributed by atoms with Crippen LogP contribution in [-0.4, -0.2) is 0 Å². The Morgan fingerprint density at radius 3 is 1.31 bits per heavy atom. The van der Waals surface area contributed by atoms with Crippen LogP contribution in [0, 0.1) is 0 Å². The third-order valence-electron chi connectivity index (χ3n) is 13.1. The molecule has 0 aliphatic heterocycles. The smallest absolute Gasteiger partial charge is 0.0546 e. The maximum atomic E-state index is 2.53. The maximum Gasteiger partial charge on any atom is 0.0546 e. The first-order chi connectivity index (χ1) is 31.5. The van der Waals surface area contributed by atoms with Gasteiger partial charge in [0.25, 0.3) is 0 Å². The molecule has 0 unspecified atom stereocenters. The first kappa shape index (κ1) is 38.9. The lowest BCUT2D eigenvalue weighted by atomic mass is 9.81. The van der Waals surface area contributed by atoms with Crippen molar-refractivity contribution in [3.8, 4) is 77.9 Å². The standard InChI is InChI=1S/C63H47N/c1-63(2)58-42-50(45-22-9-4-10-23-45)38-40-55(58)56-41-39-51(43-59(56)63)64(60-32-18-17-29-53(60)49-36-34-46(35-37-49)44-20-7-3-8-21-44)61-33-19-31-54(48-26-13-6-14-27-48)62(61)57-30-16-15-28-52(57)47-24-11-5-12-25-47/h3-43H,1-2H3. The second-order valence-electron chi connectivity index (χ2n) is 17.3. The van der Waals surface area contributed by atoms with Gasteiger partial charge in [0.1, 0.15) is 0 Å². The van der Waals surface area contributed by atoms with Gasteiger partial charge in [-0.25, -0.2) is 0 Å². The average Bonchev–Trinajstić information content (AvgIpc) is 3.59. The average molecular weight is 818 g/mol. The highest BCUT2D eigenvalue weighted by molar-refractivity contribution is 6.03. The van der Waals surface area contributed by atoms with Crippen molar-refractivity contribution < 1.29 is 0 Å². The molecule has 10 aromatic rings. The normalized spacial score (nSPS) is 12.3. The zero-order valence-corrected chi connectivity index (χ0v) is 36.1. The highest BCUT2D eigenvalue weighted by Crippen LogP contribution is 2.54. The molecule has 0 radical (unpaired) electrons. The fourth-order valence-corrected chi connectivity index (χ4v) is 9.91. The maximum absolute atomic E-state index is 2.53. The van der Waals surface area contributed by atoms with Crippen LogP contribution in [0.3, 0.4) is 0 Å². The third kappa shape index (κ3) is 6.93. The van der Waals surface area contributed by atoms with Crippen molar-refractivity contribution >= 4 is 17.1 Å². The van der Waals surface area contributed by atoms with Gasteiger partial charge in [-0.3, -0.25) is 0 Å². The fraction of sp³-hybridized carbons (Fsp3) is 0.0476. The van der Waals surface area contributed by atoms with Crippen molar-refractivity contribution in [2.45, 2.75) is 19.3 Å². The van der Waals surface area contributed by atoms with Crippen LogP contribution in [0.4, 0.5) is 17.1 Å². The molecule has 304 valence electrons. The van der Waals surface area contributed by atoms with E-state index in [1.807, 2.05) is 0 Å². The number of hydrogen-bond acceptors (Lipinski definition) is 1. The van der Waals surface area contributed by atoms with E-state index in [9.17, 15) is 0 Å². The Labute approximate surface area is 377 Å². The van der Waals surface area contributed by atoms with Gasteiger partial charge in [0.05, 0.1) is 11.4 Å². The molecule has 10 aromatic carbocycles. The lowest BCUT2D eigenvalue weighted by Crippen LogP contribution is -2.17. The first-order valence-electron chi connectivity index (χ1n) is 22.3. The Morgan fingerprint density at radius 1 is 0.266 bits per heavy atom. The first-order valence-corrected chi connectivity index (χ1v) is 22.3. The molecule has 0 atom stereocenters. The molecule has 1 nitrogen and oxygen atoms in total. The van der Waals surface area contributed by atoms with E-state index in [1.165, 1.54) is 77.9 Å². The van der Waals surface area contributed by atoms with Crippen molar-refractivity contribution in [1.29, 1.82) is 0 Å². The van der Waals surface area contributed by atoms with E-state index in [2.05, 4.69) is 267 Å². The minimum atomic E-state index is -0.238. The number of anilines is 3. The van der Waals surface area contributed by atoms with Crippen molar-refractivity contribution in [2.75, 3.05) is 4.90 Å². The number of para-hydroxylation sites is 1. The lowest BCUT2D eigenvalue weighted by molar-refractivity contribution is 0.660. The van der Waals surface area contributed by atoms with Gasteiger partial charge in [0, 0.05) is 22.2 Å². The largest absolute Gasteiger partial charge is 0.309 e. The molecule has 64 heavy (non-hydrogen) atoms. The monoisotopic (exact) mass is 817 g/mol. The van der Waals surface area contributed by atoms with Crippen LogP contribution in [0.1, 0.15) is 25.0 Å². The molecule has 11 rings (SSSR count). The van der Waals surface area contributed by atoms with Crippen molar-refractivity contribution in [1.82, 2.24) is 0 Å². The minimum absolute atomic E-state index is 0.238. The highest BCUT2D eigenvalue weighted by Gasteiger charge is 2.37. The van der Waals surface area contributed by atoms with Gasteiger partial charge in [0.2, 0.25) is 0 Å². The van der Waals surface area contributed by atoms with Gasteiger partial charge in [0.15, 0.2) is 0 Å². The molecule has 1 aliphatic rings. The number of rotatable bonds is 9. The van der Waals surface area contributed by atoms with E-state index in [0.29, 0.717) is 0 Å². The lowest BCUT2D eigenvalue weighted by Gasteiger charge is -2.32. The van der Waals surface area contributed by atoms with Crippen LogP contribution < -0.4 is 4.90 Å². The Bertz CT molecular complexity index is 3260. The molecule has 0 N–H and O–H groups in total. The fourth-order valence-electron chi connectivity index (χ4n) is 9.91. The molecule has 0 aromatic heterocycles. The molecular formula is C63H47N. The zero-order chi connectivity index (χ0) is 43.0. The summed E-state index contributed by atoms with van der Waals surface area (Å²) in [5.41, 5.74) is 22.7. The minimum Gasteiger partial charge on any atom is -0.309 e. The number of fused-ring (bicyclic) bond motifs is 3. The van der Waals surface area contributed by atoms with Gasteiger partial charge in [-0.1, -0.05) is 232 Å². The summed E-state index contributed by atoms with van der Waals surface area (Å²) in [5.74, 6) is 0. The Balaban J connectivity index is 1.16. The summed E-state index contributed by atoms with van der Waals surface area (Å²) in [6, 6.07) is 90.9. The summed E-state index contributed by atoms with van der Waals surface area (Å²) < 4.78 is 0. The molecule has 0 amide bonds.